The molecule has 0 saturated heterocycles. The summed E-state index contributed by atoms with van der Waals surface area (Å²) in [6, 6.07) is 0. The molecule has 2 heteroatoms. The smallest absolute Gasteiger partial charge is 0.330 e. The molecule has 0 bridgehead atoms. The first-order valence-corrected chi connectivity index (χ1v) is 6.14. The quantitative estimate of drug-likeness (QED) is 0.329. The van der Waals surface area contributed by atoms with Crippen molar-refractivity contribution in [1.82, 2.24) is 0 Å². The van der Waals surface area contributed by atoms with Crippen molar-refractivity contribution in [2.45, 2.75) is 58.8 Å². The van der Waals surface area contributed by atoms with Crippen LogP contribution in [0.15, 0.2) is 12.2 Å². The van der Waals surface area contributed by atoms with E-state index < -0.39 is 0 Å². The molecule has 0 spiro atoms. The van der Waals surface area contributed by atoms with Gasteiger partial charge >= 0.3 is 5.97 Å². The zero-order valence-corrected chi connectivity index (χ0v) is 10.1. The Kier molecular flexibility index (Phi) is 10.7. The maximum absolute atomic E-state index is 11.0. The zero-order valence-electron chi connectivity index (χ0n) is 10.1. The normalized spacial score (nSPS) is 10.8. The van der Waals surface area contributed by atoms with Crippen LogP contribution in [0.4, 0.5) is 0 Å². The fraction of sp³-hybridized carbons (Fsp3) is 0.769. The van der Waals surface area contributed by atoms with E-state index in [4.69, 9.17) is 4.74 Å². The molecule has 0 saturated carbocycles. The Morgan fingerprint density at radius 3 is 2.47 bits per heavy atom. The molecule has 2 nitrogen and oxygen atoms in total. The minimum Gasteiger partial charge on any atom is -0.463 e. The van der Waals surface area contributed by atoms with Crippen molar-refractivity contribution in [2.75, 3.05) is 6.61 Å². The molecule has 0 aromatic rings. The Labute approximate surface area is 93.7 Å². The summed E-state index contributed by atoms with van der Waals surface area (Å²) < 4.78 is 4.91. The molecule has 15 heavy (non-hydrogen) atoms. The number of hydrogen-bond donors (Lipinski definition) is 0. The van der Waals surface area contributed by atoms with Crippen molar-refractivity contribution in [3.05, 3.63) is 12.2 Å². The summed E-state index contributed by atoms with van der Waals surface area (Å²) >= 11 is 0. The van der Waals surface area contributed by atoms with Crippen molar-refractivity contribution < 1.29 is 9.53 Å². The van der Waals surface area contributed by atoms with Crippen molar-refractivity contribution in [3.8, 4) is 0 Å². The van der Waals surface area contributed by atoms with Crippen LogP contribution in [0.5, 0.6) is 0 Å². The highest BCUT2D eigenvalue weighted by Crippen LogP contribution is 2.05. The topological polar surface area (TPSA) is 26.3 Å². The highest BCUT2D eigenvalue weighted by Gasteiger charge is 1.93. The van der Waals surface area contributed by atoms with Gasteiger partial charge in [0, 0.05) is 6.08 Å². The average Bonchev–Trinajstić information content (AvgIpc) is 2.25. The predicted octanol–water partition coefficient (Wildman–Crippen LogP) is 3.86. The number of allylic oxidation sites excluding steroid dienone is 1. The van der Waals surface area contributed by atoms with Gasteiger partial charge in [-0.05, 0) is 19.3 Å². The average molecular weight is 212 g/mol. The summed E-state index contributed by atoms with van der Waals surface area (Å²) in [6.45, 7) is 4.73. The Morgan fingerprint density at radius 2 is 1.80 bits per heavy atom. The van der Waals surface area contributed by atoms with Crippen molar-refractivity contribution in [3.63, 3.8) is 0 Å². The third-order valence-electron chi connectivity index (χ3n) is 2.18. The van der Waals surface area contributed by atoms with E-state index in [2.05, 4.69) is 6.92 Å². The third-order valence-corrected chi connectivity index (χ3v) is 2.18. The fourth-order valence-electron chi connectivity index (χ4n) is 1.30. The van der Waals surface area contributed by atoms with Gasteiger partial charge in [-0.2, -0.15) is 0 Å². The molecule has 0 aliphatic rings. The van der Waals surface area contributed by atoms with Gasteiger partial charge in [-0.3, -0.25) is 0 Å². The number of hydrogen-bond acceptors (Lipinski definition) is 2. The lowest BCUT2D eigenvalue weighted by atomic mass is 10.1. The summed E-state index contributed by atoms with van der Waals surface area (Å²) in [5.41, 5.74) is 0. The Morgan fingerprint density at radius 1 is 1.07 bits per heavy atom. The minimum atomic E-state index is -0.203. The van der Waals surface area contributed by atoms with E-state index in [0.717, 1.165) is 12.8 Å². The zero-order chi connectivity index (χ0) is 11.4. The molecule has 0 heterocycles. The lowest BCUT2D eigenvalue weighted by Gasteiger charge is -1.98. The van der Waals surface area contributed by atoms with Crippen LogP contribution in [0.2, 0.25) is 0 Å². The molecule has 0 amide bonds. The lowest BCUT2D eigenvalue weighted by Crippen LogP contribution is -2.00. The molecule has 0 aromatic carbocycles. The molecular weight excluding hydrogens is 188 g/mol. The second-order valence-electron chi connectivity index (χ2n) is 3.77. The Hall–Kier alpha value is -0.790. The SMILES string of the molecule is CCCCCCC/C=C/C(=O)OCCC. The lowest BCUT2D eigenvalue weighted by molar-refractivity contribution is -0.137. The van der Waals surface area contributed by atoms with Crippen LogP contribution in [0, 0.1) is 0 Å². The molecular formula is C13H24O2. The molecule has 0 rings (SSSR count). The van der Waals surface area contributed by atoms with Gasteiger partial charge in [-0.25, -0.2) is 4.79 Å². The van der Waals surface area contributed by atoms with Crippen LogP contribution in [-0.2, 0) is 9.53 Å². The van der Waals surface area contributed by atoms with E-state index in [1.165, 1.54) is 32.1 Å². The van der Waals surface area contributed by atoms with E-state index in [-0.39, 0.29) is 5.97 Å². The van der Waals surface area contributed by atoms with E-state index >= 15 is 0 Å². The molecule has 88 valence electrons. The van der Waals surface area contributed by atoms with Gasteiger partial charge < -0.3 is 4.74 Å². The first kappa shape index (κ1) is 14.2. The van der Waals surface area contributed by atoms with E-state index in [1.54, 1.807) is 6.08 Å². The van der Waals surface area contributed by atoms with E-state index in [0.29, 0.717) is 6.61 Å². The van der Waals surface area contributed by atoms with Gasteiger partial charge in [0.2, 0.25) is 0 Å². The van der Waals surface area contributed by atoms with Gasteiger partial charge in [0.25, 0.3) is 0 Å². The summed E-state index contributed by atoms with van der Waals surface area (Å²) in [5.74, 6) is -0.203. The molecule has 0 unspecified atom stereocenters. The van der Waals surface area contributed by atoms with Gasteiger partial charge in [0.15, 0.2) is 0 Å². The van der Waals surface area contributed by atoms with Gasteiger partial charge in [-0.15, -0.1) is 0 Å². The largest absolute Gasteiger partial charge is 0.463 e. The van der Waals surface area contributed by atoms with Crippen LogP contribution in [0.25, 0.3) is 0 Å². The minimum absolute atomic E-state index is 0.203. The standard InChI is InChI=1S/C13H24O2/c1-3-5-6-7-8-9-10-11-13(14)15-12-4-2/h10-11H,3-9,12H2,1-2H3/b11-10+. The van der Waals surface area contributed by atoms with Crippen LogP contribution in [-0.4, -0.2) is 12.6 Å². The molecule has 0 radical (unpaired) electrons. The van der Waals surface area contributed by atoms with Crippen molar-refractivity contribution in [1.29, 1.82) is 0 Å². The second kappa shape index (κ2) is 11.3. The molecule has 0 N–H and O–H groups in total. The maximum atomic E-state index is 11.0. The van der Waals surface area contributed by atoms with E-state index in [9.17, 15) is 4.79 Å². The van der Waals surface area contributed by atoms with Crippen LogP contribution < -0.4 is 0 Å². The van der Waals surface area contributed by atoms with Crippen molar-refractivity contribution in [2.24, 2.45) is 0 Å². The number of esters is 1. The van der Waals surface area contributed by atoms with Gasteiger partial charge in [0.1, 0.15) is 0 Å². The first-order valence-electron chi connectivity index (χ1n) is 6.14. The van der Waals surface area contributed by atoms with Crippen LogP contribution in [0.1, 0.15) is 58.8 Å². The number of carbonyl (C=O) groups is 1. The maximum Gasteiger partial charge on any atom is 0.330 e. The monoisotopic (exact) mass is 212 g/mol. The highest BCUT2D eigenvalue weighted by molar-refractivity contribution is 5.81. The Balaban J connectivity index is 3.26. The summed E-state index contributed by atoms with van der Waals surface area (Å²) in [5, 5.41) is 0. The van der Waals surface area contributed by atoms with Crippen LogP contribution >= 0.6 is 0 Å². The molecule has 0 aromatic heterocycles. The molecule has 0 aliphatic heterocycles. The van der Waals surface area contributed by atoms with Gasteiger partial charge in [0.05, 0.1) is 6.61 Å². The number of rotatable bonds is 9. The summed E-state index contributed by atoms with van der Waals surface area (Å²) in [7, 11) is 0. The summed E-state index contributed by atoms with van der Waals surface area (Å²) in [6.07, 6.45) is 11.7. The fourth-order valence-corrected chi connectivity index (χ4v) is 1.30. The summed E-state index contributed by atoms with van der Waals surface area (Å²) in [4.78, 5) is 11.0. The van der Waals surface area contributed by atoms with Crippen LogP contribution in [0.3, 0.4) is 0 Å². The number of carbonyl (C=O) groups excluding carboxylic acids is 1. The number of ether oxygens (including phenoxy) is 1. The van der Waals surface area contributed by atoms with Gasteiger partial charge in [-0.1, -0.05) is 45.6 Å². The van der Waals surface area contributed by atoms with E-state index in [1.807, 2.05) is 13.0 Å². The second-order valence-corrected chi connectivity index (χ2v) is 3.77. The highest BCUT2D eigenvalue weighted by atomic mass is 16.5. The Bertz CT molecular complexity index is 173. The third kappa shape index (κ3) is 11.1. The predicted molar refractivity (Wildman–Crippen MR) is 63.8 cm³/mol. The molecule has 0 fully saturated rings. The first-order chi connectivity index (χ1) is 7.31. The molecule has 0 atom stereocenters. The molecule has 0 aliphatic carbocycles. The van der Waals surface area contributed by atoms with Crippen molar-refractivity contribution >= 4 is 5.97 Å². The number of unbranched alkanes of at least 4 members (excludes halogenated alkanes) is 5.